The maximum absolute atomic E-state index is 5.82. The molecule has 0 amide bonds. The van der Waals surface area contributed by atoms with Crippen molar-refractivity contribution in [1.29, 1.82) is 0 Å². The molecular formula is C17H21N3O. The van der Waals surface area contributed by atoms with Gasteiger partial charge in [0, 0.05) is 31.0 Å². The Morgan fingerprint density at radius 2 is 2.19 bits per heavy atom. The normalized spacial score (nSPS) is 14.0. The van der Waals surface area contributed by atoms with Crippen molar-refractivity contribution in [2.75, 3.05) is 29.9 Å². The zero-order valence-corrected chi connectivity index (χ0v) is 12.4. The Bertz CT molecular complexity index is 600. The number of benzene rings is 1. The summed E-state index contributed by atoms with van der Waals surface area (Å²) in [5.41, 5.74) is 2.28. The van der Waals surface area contributed by atoms with Crippen LogP contribution in [0.2, 0.25) is 0 Å². The van der Waals surface area contributed by atoms with E-state index in [-0.39, 0.29) is 0 Å². The Hall–Kier alpha value is -2.23. The fourth-order valence-corrected chi connectivity index (χ4v) is 2.53. The number of rotatable bonds is 4. The topological polar surface area (TPSA) is 37.4 Å². The molecule has 1 N–H and O–H groups in total. The van der Waals surface area contributed by atoms with Crippen molar-refractivity contribution in [1.82, 2.24) is 4.98 Å². The molecule has 0 saturated heterocycles. The second-order valence-corrected chi connectivity index (χ2v) is 5.15. The molecule has 0 bridgehead atoms. The molecule has 0 spiro atoms. The van der Waals surface area contributed by atoms with Crippen LogP contribution in [-0.2, 0) is 0 Å². The van der Waals surface area contributed by atoms with Crippen LogP contribution in [0.1, 0.15) is 19.8 Å². The van der Waals surface area contributed by atoms with E-state index in [0.717, 1.165) is 55.5 Å². The van der Waals surface area contributed by atoms with Crippen molar-refractivity contribution in [3.63, 3.8) is 0 Å². The third-order valence-electron chi connectivity index (χ3n) is 3.55. The minimum Gasteiger partial charge on any atom is -0.491 e. The van der Waals surface area contributed by atoms with E-state index in [9.17, 15) is 0 Å². The van der Waals surface area contributed by atoms with Crippen molar-refractivity contribution >= 4 is 17.2 Å². The number of fused-ring (bicyclic) bond motifs is 1. The molecule has 0 saturated carbocycles. The maximum atomic E-state index is 5.82. The molecule has 1 aromatic carbocycles. The van der Waals surface area contributed by atoms with Crippen molar-refractivity contribution in [3.05, 3.63) is 42.6 Å². The lowest BCUT2D eigenvalue weighted by molar-refractivity contribution is 0.322. The van der Waals surface area contributed by atoms with Gasteiger partial charge in [0.2, 0.25) is 0 Å². The van der Waals surface area contributed by atoms with Gasteiger partial charge in [0.25, 0.3) is 0 Å². The average Bonchev–Trinajstić information content (AvgIpc) is 2.75. The molecule has 21 heavy (non-hydrogen) atoms. The minimum absolute atomic E-state index is 0.763. The van der Waals surface area contributed by atoms with Crippen LogP contribution in [0.4, 0.5) is 17.2 Å². The first-order valence-electron chi connectivity index (χ1n) is 7.58. The summed E-state index contributed by atoms with van der Waals surface area (Å²) in [6, 6.07) is 12.4. The van der Waals surface area contributed by atoms with Crippen LogP contribution >= 0.6 is 0 Å². The monoisotopic (exact) mass is 283 g/mol. The minimum atomic E-state index is 0.763. The molecule has 0 fully saturated rings. The van der Waals surface area contributed by atoms with Crippen LogP contribution < -0.4 is 15.0 Å². The maximum Gasteiger partial charge on any atom is 0.142 e. The Labute approximate surface area is 125 Å². The van der Waals surface area contributed by atoms with Crippen molar-refractivity contribution in [2.45, 2.75) is 19.8 Å². The highest BCUT2D eigenvalue weighted by atomic mass is 16.5. The van der Waals surface area contributed by atoms with E-state index in [4.69, 9.17) is 4.74 Å². The van der Waals surface area contributed by atoms with E-state index in [2.05, 4.69) is 46.4 Å². The van der Waals surface area contributed by atoms with E-state index in [0.29, 0.717) is 0 Å². The fourth-order valence-electron chi connectivity index (χ4n) is 2.53. The number of hydrogen-bond acceptors (Lipinski definition) is 4. The summed E-state index contributed by atoms with van der Waals surface area (Å²) >= 11 is 0. The van der Waals surface area contributed by atoms with Crippen LogP contribution in [0.15, 0.2) is 42.6 Å². The summed E-state index contributed by atoms with van der Waals surface area (Å²) < 4.78 is 5.82. The summed E-state index contributed by atoms with van der Waals surface area (Å²) in [6.07, 6.45) is 3.96. The molecule has 1 aromatic heterocycles. The molecule has 4 nitrogen and oxygen atoms in total. The highest BCUT2D eigenvalue weighted by Crippen LogP contribution is 2.36. The Kier molecular flexibility index (Phi) is 4.24. The van der Waals surface area contributed by atoms with Gasteiger partial charge < -0.3 is 15.0 Å². The standard InChI is InChI=1S/C17H21N3O/c1-2-9-18-17-13-14(8-10-19-17)20-11-5-12-21-16-7-4-3-6-15(16)20/h3-4,6-8,10,13H,2,5,9,11-12H2,1H3,(H,18,19). The first-order chi connectivity index (χ1) is 10.4. The summed E-state index contributed by atoms with van der Waals surface area (Å²) in [6.45, 7) is 4.81. The van der Waals surface area contributed by atoms with Crippen molar-refractivity contribution in [3.8, 4) is 5.75 Å². The van der Waals surface area contributed by atoms with Gasteiger partial charge in [0.15, 0.2) is 0 Å². The molecular weight excluding hydrogens is 262 g/mol. The van der Waals surface area contributed by atoms with Crippen molar-refractivity contribution < 1.29 is 4.74 Å². The summed E-state index contributed by atoms with van der Waals surface area (Å²) in [4.78, 5) is 6.69. The van der Waals surface area contributed by atoms with E-state index in [1.54, 1.807) is 0 Å². The largest absolute Gasteiger partial charge is 0.491 e. The van der Waals surface area contributed by atoms with Crippen LogP contribution in [0.3, 0.4) is 0 Å². The summed E-state index contributed by atoms with van der Waals surface area (Å²) in [5, 5.41) is 3.34. The fraction of sp³-hybridized carbons (Fsp3) is 0.353. The van der Waals surface area contributed by atoms with Gasteiger partial charge in [-0.2, -0.15) is 0 Å². The lowest BCUT2D eigenvalue weighted by Crippen LogP contribution is -2.18. The smallest absolute Gasteiger partial charge is 0.142 e. The number of hydrogen-bond donors (Lipinski definition) is 1. The number of nitrogens with one attached hydrogen (secondary N) is 1. The number of nitrogens with zero attached hydrogens (tertiary/aromatic N) is 2. The Balaban J connectivity index is 1.92. The average molecular weight is 283 g/mol. The first-order valence-corrected chi connectivity index (χ1v) is 7.58. The molecule has 0 unspecified atom stereocenters. The lowest BCUT2D eigenvalue weighted by atomic mass is 10.2. The number of aromatic nitrogens is 1. The number of anilines is 3. The van der Waals surface area contributed by atoms with Gasteiger partial charge in [-0.25, -0.2) is 4.98 Å². The number of pyridine rings is 1. The molecule has 0 radical (unpaired) electrons. The summed E-state index contributed by atoms with van der Waals surface area (Å²) in [5.74, 6) is 1.88. The molecule has 4 heteroatoms. The summed E-state index contributed by atoms with van der Waals surface area (Å²) in [7, 11) is 0. The molecule has 0 atom stereocenters. The Morgan fingerprint density at radius 1 is 1.29 bits per heavy atom. The molecule has 0 aliphatic carbocycles. The van der Waals surface area contributed by atoms with Crippen LogP contribution in [0.25, 0.3) is 0 Å². The molecule has 3 rings (SSSR count). The van der Waals surface area contributed by atoms with E-state index in [1.807, 2.05) is 18.3 Å². The van der Waals surface area contributed by atoms with E-state index < -0.39 is 0 Å². The zero-order valence-electron chi connectivity index (χ0n) is 12.4. The quantitative estimate of drug-likeness (QED) is 0.925. The zero-order chi connectivity index (χ0) is 14.5. The van der Waals surface area contributed by atoms with Gasteiger partial charge >= 0.3 is 0 Å². The number of ether oxygens (including phenoxy) is 1. The van der Waals surface area contributed by atoms with Gasteiger partial charge in [-0.05, 0) is 31.0 Å². The van der Waals surface area contributed by atoms with E-state index >= 15 is 0 Å². The van der Waals surface area contributed by atoms with E-state index in [1.165, 1.54) is 0 Å². The first kappa shape index (κ1) is 13.7. The molecule has 1 aliphatic heterocycles. The second-order valence-electron chi connectivity index (χ2n) is 5.15. The van der Waals surface area contributed by atoms with Crippen LogP contribution in [-0.4, -0.2) is 24.7 Å². The van der Waals surface area contributed by atoms with Gasteiger partial charge in [-0.3, -0.25) is 0 Å². The van der Waals surface area contributed by atoms with Gasteiger partial charge in [0.05, 0.1) is 12.3 Å². The highest BCUT2D eigenvalue weighted by molar-refractivity contribution is 5.71. The predicted octanol–water partition coefficient (Wildman–Crippen LogP) is 3.82. The molecule has 2 heterocycles. The SMILES string of the molecule is CCCNc1cc(N2CCCOc3ccccc32)ccn1. The van der Waals surface area contributed by atoms with Gasteiger partial charge in [-0.15, -0.1) is 0 Å². The van der Waals surface area contributed by atoms with Gasteiger partial charge in [0.1, 0.15) is 11.6 Å². The third kappa shape index (κ3) is 3.10. The Morgan fingerprint density at radius 3 is 3.10 bits per heavy atom. The lowest BCUT2D eigenvalue weighted by Gasteiger charge is -2.24. The highest BCUT2D eigenvalue weighted by Gasteiger charge is 2.17. The third-order valence-corrected chi connectivity index (χ3v) is 3.55. The van der Waals surface area contributed by atoms with Crippen LogP contribution in [0.5, 0.6) is 5.75 Å². The van der Waals surface area contributed by atoms with Gasteiger partial charge in [-0.1, -0.05) is 19.1 Å². The molecule has 110 valence electrons. The van der Waals surface area contributed by atoms with Crippen LogP contribution in [0, 0.1) is 0 Å². The molecule has 2 aromatic rings. The second kappa shape index (κ2) is 6.48. The number of para-hydroxylation sites is 2. The molecule has 1 aliphatic rings. The predicted molar refractivity (Wildman–Crippen MR) is 86.6 cm³/mol. The van der Waals surface area contributed by atoms with Crippen molar-refractivity contribution in [2.24, 2.45) is 0 Å².